The smallest absolute Gasteiger partial charge is 0.117 e. The lowest BCUT2D eigenvalue weighted by Gasteiger charge is -2.33. The summed E-state index contributed by atoms with van der Waals surface area (Å²) in [6, 6.07) is 7.95. The van der Waals surface area contributed by atoms with Crippen LogP contribution in [0.1, 0.15) is 11.1 Å². The summed E-state index contributed by atoms with van der Waals surface area (Å²) in [6.07, 6.45) is 0. The Morgan fingerprint density at radius 3 is 3.06 bits per heavy atom. The van der Waals surface area contributed by atoms with E-state index in [0.717, 1.165) is 23.5 Å². The summed E-state index contributed by atoms with van der Waals surface area (Å²) in [6.45, 7) is 3.50. The highest BCUT2D eigenvalue weighted by Crippen LogP contribution is 2.28. The van der Waals surface area contributed by atoms with Crippen LogP contribution in [0.5, 0.6) is 0 Å². The zero-order chi connectivity index (χ0) is 11.5. The van der Waals surface area contributed by atoms with Gasteiger partial charge >= 0.3 is 0 Å². The van der Waals surface area contributed by atoms with Gasteiger partial charge in [-0.2, -0.15) is 5.26 Å². The summed E-state index contributed by atoms with van der Waals surface area (Å²) >= 11 is 1.57. The Morgan fingerprint density at radius 1 is 1.56 bits per heavy atom. The topological polar surface area (TPSA) is 47.3 Å². The molecule has 0 aliphatic carbocycles. The fourth-order valence-corrected chi connectivity index (χ4v) is 2.89. The predicted molar refractivity (Wildman–Crippen MR) is 66.6 cm³/mol. The Kier molecular flexibility index (Phi) is 3.37. The number of aryl methyl sites for hydroxylation is 1. The summed E-state index contributed by atoms with van der Waals surface area (Å²) in [5.74, 6) is 0.903. The van der Waals surface area contributed by atoms with Crippen LogP contribution in [-0.4, -0.2) is 29.4 Å². The van der Waals surface area contributed by atoms with Gasteiger partial charge in [0.2, 0.25) is 0 Å². The van der Waals surface area contributed by atoms with E-state index in [0.29, 0.717) is 12.1 Å². The maximum absolute atomic E-state index is 9.63. The molecule has 3 nitrogen and oxygen atoms in total. The van der Waals surface area contributed by atoms with Crippen molar-refractivity contribution in [2.45, 2.75) is 12.4 Å². The van der Waals surface area contributed by atoms with Crippen molar-refractivity contribution in [2.75, 3.05) is 23.7 Å². The molecule has 1 aromatic carbocycles. The number of para-hydroxylation sites is 1. The van der Waals surface area contributed by atoms with E-state index in [1.54, 1.807) is 11.8 Å². The number of rotatable bonds is 1. The molecule has 0 saturated carbocycles. The second-order valence-corrected chi connectivity index (χ2v) is 5.14. The van der Waals surface area contributed by atoms with Crippen LogP contribution in [0.15, 0.2) is 18.2 Å². The van der Waals surface area contributed by atoms with Crippen LogP contribution in [0.4, 0.5) is 5.69 Å². The lowest BCUT2D eigenvalue weighted by molar-refractivity contribution is 0.264. The number of nitrogens with zero attached hydrogens (tertiary/aromatic N) is 2. The first-order valence-electron chi connectivity index (χ1n) is 5.26. The summed E-state index contributed by atoms with van der Waals surface area (Å²) in [5.41, 5.74) is 2.42. The van der Waals surface area contributed by atoms with Gasteiger partial charge in [0.25, 0.3) is 0 Å². The number of nitriles is 1. The van der Waals surface area contributed by atoms with E-state index in [4.69, 9.17) is 5.26 Å². The van der Waals surface area contributed by atoms with E-state index in [1.165, 1.54) is 0 Å². The van der Waals surface area contributed by atoms with Crippen molar-refractivity contribution in [1.29, 1.82) is 5.26 Å². The fraction of sp³-hybridized carbons (Fsp3) is 0.417. The van der Waals surface area contributed by atoms with Gasteiger partial charge in [-0.3, -0.25) is 0 Å². The van der Waals surface area contributed by atoms with Crippen molar-refractivity contribution in [3.8, 4) is 6.07 Å². The molecule has 1 N–H and O–H groups in total. The lowest BCUT2D eigenvalue weighted by Crippen LogP contribution is -2.38. The molecule has 1 aliphatic rings. The van der Waals surface area contributed by atoms with Gasteiger partial charge in [0.15, 0.2) is 0 Å². The van der Waals surface area contributed by atoms with Crippen LogP contribution in [-0.2, 0) is 0 Å². The van der Waals surface area contributed by atoms with Gasteiger partial charge in [-0.15, -0.1) is 11.8 Å². The van der Waals surface area contributed by atoms with Crippen LogP contribution >= 0.6 is 11.8 Å². The minimum atomic E-state index is -0.347. The number of thioether (sulfide) groups is 1. The van der Waals surface area contributed by atoms with Crippen LogP contribution in [0.3, 0.4) is 0 Å². The quantitative estimate of drug-likeness (QED) is 0.804. The average molecular weight is 234 g/mol. The molecular formula is C12H14N2OS. The third-order valence-corrected chi connectivity index (χ3v) is 3.67. The molecule has 16 heavy (non-hydrogen) atoms. The molecule has 1 heterocycles. The molecule has 2 rings (SSSR count). The van der Waals surface area contributed by atoms with Crippen molar-refractivity contribution >= 4 is 17.4 Å². The van der Waals surface area contributed by atoms with E-state index < -0.39 is 0 Å². The zero-order valence-electron chi connectivity index (χ0n) is 9.18. The summed E-state index contributed by atoms with van der Waals surface area (Å²) in [7, 11) is 0. The van der Waals surface area contributed by atoms with Crippen molar-refractivity contribution < 1.29 is 5.11 Å². The van der Waals surface area contributed by atoms with Gasteiger partial charge in [-0.05, 0) is 18.6 Å². The Hall–Kier alpha value is -1.18. The number of hydrogen-bond donors (Lipinski definition) is 1. The fourth-order valence-electron chi connectivity index (χ4n) is 2.00. The second kappa shape index (κ2) is 4.77. The Morgan fingerprint density at radius 2 is 2.38 bits per heavy atom. The van der Waals surface area contributed by atoms with Crippen molar-refractivity contribution in [2.24, 2.45) is 0 Å². The van der Waals surface area contributed by atoms with Gasteiger partial charge in [0, 0.05) is 12.3 Å². The third kappa shape index (κ3) is 2.16. The van der Waals surface area contributed by atoms with Gasteiger partial charge in [0.1, 0.15) is 11.5 Å². The molecular weight excluding hydrogens is 220 g/mol. The standard InChI is InChI=1S/C12H14N2OS/c1-9-3-2-4-10(7-13)12(9)14-5-6-16-11(15)8-14/h2-4,11,15H,5-6,8H2,1H3. The Labute approximate surface area is 99.7 Å². The van der Waals surface area contributed by atoms with Crippen molar-refractivity contribution in [3.05, 3.63) is 29.3 Å². The normalized spacial score (nSPS) is 20.6. The number of β-amino-alcohol motifs (C(OH)–C–C–N with tert-alkyl or cyclic N) is 1. The number of aliphatic hydroxyl groups is 1. The van der Waals surface area contributed by atoms with Crippen LogP contribution in [0, 0.1) is 18.3 Å². The number of benzene rings is 1. The largest absolute Gasteiger partial charge is 0.381 e. The number of hydrogen-bond acceptors (Lipinski definition) is 4. The van der Waals surface area contributed by atoms with Crippen molar-refractivity contribution in [3.63, 3.8) is 0 Å². The summed E-state index contributed by atoms with van der Waals surface area (Å²) in [4.78, 5) is 2.11. The lowest BCUT2D eigenvalue weighted by atomic mass is 10.1. The molecule has 1 fully saturated rings. The third-order valence-electron chi connectivity index (χ3n) is 2.72. The minimum Gasteiger partial charge on any atom is -0.381 e. The molecule has 1 saturated heterocycles. The van der Waals surface area contributed by atoms with Crippen LogP contribution in [0.2, 0.25) is 0 Å². The highest BCUT2D eigenvalue weighted by Gasteiger charge is 2.21. The van der Waals surface area contributed by atoms with Gasteiger partial charge in [-0.25, -0.2) is 0 Å². The molecule has 1 atom stereocenters. The maximum atomic E-state index is 9.63. The monoisotopic (exact) mass is 234 g/mol. The first-order chi connectivity index (χ1) is 7.72. The first-order valence-corrected chi connectivity index (χ1v) is 6.31. The van der Waals surface area contributed by atoms with Gasteiger partial charge in [-0.1, -0.05) is 12.1 Å². The summed E-state index contributed by atoms with van der Waals surface area (Å²) in [5, 5.41) is 18.7. The molecule has 0 amide bonds. The van der Waals surface area contributed by atoms with E-state index in [9.17, 15) is 5.11 Å². The molecule has 4 heteroatoms. The SMILES string of the molecule is Cc1cccc(C#N)c1N1CCSC(O)C1. The van der Waals surface area contributed by atoms with Crippen LogP contribution < -0.4 is 4.90 Å². The molecule has 1 aliphatic heterocycles. The highest BCUT2D eigenvalue weighted by atomic mass is 32.2. The molecule has 0 bridgehead atoms. The maximum Gasteiger partial charge on any atom is 0.117 e. The van der Waals surface area contributed by atoms with E-state index >= 15 is 0 Å². The number of aliphatic hydroxyl groups excluding tert-OH is 1. The van der Waals surface area contributed by atoms with Gasteiger partial charge < -0.3 is 10.0 Å². The van der Waals surface area contributed by atoms with E-state index in [1.807, 2.05) is 25.1 Å². The number of anilines is 1. The zero-order valence-corrected chi connectivity index (χ0v) is 10.00. The van der Waals surface area contributed by atoms with E-state index in [2.05, 4.69) is 11.0 Å². The molecule has 1 aromatic rings. The molecule has 0 radical (unpaired) electrons. The Bertz CT molecular complexity index is 428. The molecule has 0 aromatic heterocycles. The first kappa shape index (κ1) is 11.3. The molecule has 84 valence electrons. The average Bonchev–Trinajstić information content (AvgIpc) is 2.28. The van der Waals surface area contributed by atoms with Gasteiger partial charge in [0.05, 0.1) is 17.8 Å². The Balaban J connectivity index is 2.35. The van der Waals surface area contributed by atoms with E-state index in [-0.39, 0.29) is 5.44 Å². The second-order valence-electron chi connectivity index (χ2n) is 3.85. The highest BCUT2D eigenvalue weighted by molar-refractivity contribution is 7.99. The summed E-state index contributed by atoms with van der Waals surface area (Å²) < 4.78 is 0. The molecule has 0 spiro atoms. The van der Waals surface area contributed by atoms with Crippen LogP contribution in [0.25, 0.3) is 0 Å². The minimum absolute atomic E-state index is 0.347. The molecule has 1 unspecified atom stereocenters. The predicted octanol–water partition coefficient (Wildman–Crippen LogP) is 1.74. The van der Waals surface area contributed by atoms with Crippen molar-refractivity contribution in [1.82, 2.24) is 0 Å².